The van der Waals surface area contributed by atoms with Gasteiger partial charge in [-0.15, -0.1) is 0 Å². The van der Waals surface area contributed by atoms with E-state index >= 15 is 0 Å². The first-order valence-electron chi connectivity index (χ1n) is 3.97. The van der Waals surface area contributed by atoms with Crippen LogP contribution in [0.15, 0.2) is 0 Å². The number of hydrogen-bond donors (Lipinski definition) is 0. The Bertz CT molecular complexity index is 116. The first-order valence-corrected chi connectivity index (χ1v) is 3.97. The SMILES string of the molecule is CCCC(=O)N1[CH]CCC1. The number of likely N-dealkylation sites (tertiary alicyclic amines) is 1. The van der Waals surface area contributed by atoms with E-state index in [1.165, 1.54) is 0 Å². The molecule has 10 heavy (non-hydrogen) atoms. The normalized spacial score (nSPS) is 17.9. The summed E-state index contributed by atoms with van der Waals surface area (Å²) in [6, 6.07) is 0. The van der Waals surface area contributed by atoms with Gasteiger partial charge in [-0.2, -0.15) is 0 Å². The number of nitrogens with zero attached hydrogens (tertiary/aromatic N) is 1. The van der Waals surface area contributed by atoms with Crippen LogP contribution in [0.2, 0.25) is 0 Å². The highest BCUT2D eigenvalue weighted by molar-refractivity contribution is 5.77. The van der Waals surface area contributed by atoms with E-state index in [9.17, 15) is 4.79 Å². The summed E-state index contributed by atoms with van der Waals surface area (Å²) in [5.74, 6) is 0.292. The molecule has 0 aromatic rings. The molecule has 0 bridgehead atoms. The zero-order chi connectivity index (χ0) is 7.40. The van der Waals surface area contributed by atoms with E-state index in [1.807, 2.05) is 18.4 Å². The van der Waals surface area contributed by atoms with Crippen molar-refractivity contribution >= 4 is 5.91 Å². The predicted octanol–water partition coefficient (Wildman–Crippen LogP) is 1.57. The highest BCUT2D eigenvalue weighted by Gasteiger charge is 2.16. The zero-order valence-electron chi connectivity index (χ0n) is 6.47. The van der Waals surface area contributed by atoms with Crippen LogP contribution in [0.4, 0.5) is 0 Å². The minimum Gasteiger partial charge on any atom is -0.338 e. The number of hydrogen-bond acceptors (Lipinski definition) is 1. The summed E-state index contributed by atoms with van der Waals surface area (Å²) in [7, 11) is 0. The molecule has 0 spiro atoms. The highest BCUT2D eigenvalue weighted by atomic mass is 16.2. The number of carbonyl (C=O) groups is 1. The van der Waals surface area contributed by atoms with Crippen molar-refractivity contribution in [3.05, 3.63) is 6.54 Å². The van der Waals surface area contributed by atoms with Crippen LogP contribution < -0.4 is 0 Å². The Morgan fingerprint density at radius 1 is 1.70 bits per heavy atom. The smallest absolute Gasteiger partial charge is 0.222 e. The lowest BCUT2D eigenvalue weighted by atomic mass is 10.3. The Labute approximate surface area is 62.2 Å². The van der Waals surface area contributed by atoms with Gasteiger partial charge in [0.1, 0.15) is 0 Å². The monoisotopic (exact) mass is 140 g/mol. The largest absolute Gasteiger partial charge is 0.338 e. The summed E-state index contributed by atoms with van der Waals surface area (Å²) in [6.07, 6.45) is 3.89. The first kappa shape index (κ1) is 7.58. The van der Waals surface area contributed by atoms with Gasteiger partial charge in [0.15, 0.2) is 0 Å². The number of amides is 1. The van der Waals surface area contributed by atoms with Crippen LogP contribution in [0, 0.1) is 6.54 Å². The molecule has 1 amide bonds. The van der Waals surface area contributed by atoms with Crippen LogP contribution in [0.25, 0.3) is 0 Å². The maximum absolute atomic E-state index is 11.1. The molecule has 0 aliphatic carbocycles. The van der Waals surface area contributed by atoms with Crippen LogP contribution in [0.3, 0.4) is 0 Å². The minimum absolute atomic E-state index is 0.292. The molecular formula is C8H14NO. The van der Waals surface area contributed by atoms with Gasteiger partial charge in [0.2, 0.25) is 5.91 Å². The molecule has 1 aliphatic heterocycles. The van der Waals surface area contributed by atoms with E-state index in [-0.39, 0.29) is 0 Å². The average Bonchev–Trinajstić information content (AvgIpc) is 2.38. The molecule has 2 nitrogen and oxygen atoms in total. The fraction of sp³-hybridized carbons (Fsp3) is 0.750. The summed E-state index contributed by atoms with van der Waals surface area (Å²) in [6.45, 7) is 4.99. The molecule has 0 N–H and O–H groups in total. The molecule has 1 radical (unpaired) electrons. The van der Waals surface area contributed by atoms with E-state index in [2.05, 4.69) is 0 Å². The van der Waals surface area contributed by atoms with E-state index in [1.54, 1.807) is 0 Å². The van der Waals surface area contributed by atoms with Crippen molar-refractivity contribution in [1.29, 1.82) is 0 Å². The van der Waals surface area contributed by atoms with Crippen molar-refractivity contribution in [2.45, 2.75) is 32.6 Å². The van der Waals surface area contributed by atoms with Gasteiger partial charge in [-0.1, -0.05) is 6.92 Å². The molecule has 0 unspecified atom stereocenters. The van der Waals surface area contributed by atoms with Crippen molar-refractivity contribution in [2.75, 3.05) is 6.54 Å². The summed E-state index contributed by atoms with van der Waals surface area (Å²) < 4.78 is 0. The lowest BCUT2D eigenvalue weighted by Crippen LogP contribution is -2.24. The van der Waals surface area contributed by atoms with Crippen molar-refractivity contribution in [2.24, 2.45) is 0 Å². The van der Waals surface area contributed by atoms with Crippen molar-refractivity contribution < 1.29 is 4.79 Å². The maximum Gasteiger partial charge on any atom is 0.222 e. The van der Waals surface area contributed by atoms with Gasteiger partial charge in [0.25, 0.3) is 0 Å². The van der Waals surface area contributed by atoms with E-state index < -0.39 is 0 Å². The molecule has 1 fully saturated rings. The summed E-state index contributed by atoms with van der Waals surface area (Å²) >= 11 is 0. The third kappa shape index (κ3) is 1.72. The van der Waals surface area contributed by atoms with Crippen molar-refractivity contribution in [3.63, 3.8) is 0 Å². The van der Waals surface area contributed by atoms with Crippen LogP contribution in [0.5, 0.6) is 0 Å². The Morgan fingerprint density at radius 3 is 3.00 bits per heavy atom. The Balaban J connectivity index is 2.25. The molecule has 1 aliphatic rings. The van der Waals surface area contributed by atoms with Gasteiger partial charge >= 0.3 is 0 Å². The van der Waals surface area contributed by atoms with E-state index in [0.717, 1.165) is 25.8 Å². The molecule has 0 aromatic heterocycles. The van der Waals surface area contributed by atoms with Crippen molar-refractivity contribution in [3.8, 4) is 0 Å². The Hall–Kier alpha value is -0.530. The molecule has 0 atom stereocenters. The first-order chi connectivity index (χ1) is 4.84. The Morgan fingerprint density at radius 2 is 2.50 bits per heavy atom. The van der Waals surface area contributed by atoms with Gasteiger partial charge in [-0.05, 0) is 19.3 Å². The standard InChI is InChI=1S/C8H14NO/c1-2-5-8(10)9-6-3-4-7-9/h6H,2-5,7H2,1H3. The molecule has 57 valence electrons. The lowest BCUT2D eigenvalue weighted by molar-refractivity contribution is -0.128. The second-order valence-electron chi connectivity index (χ2n) is 2.66. The maximum atomic E-state index is 11.1. The van der Waals surface area contributed by atoms with Gasteiger partial charge < -0.3 is 4.90 Å². The number of carbonyl (C=O) groups excluding carboxylic acids is 1. The van der Waals surface area contributed by atoms with E-state index in [0.29, 0.717) is 12.3 Å². The Kier molecular flexibility index (Phi) is 2.72. The molecule has 0 aromatic carbocycles. The average molecular weight is 140 g/mol. The molecule has 1 saturated heterocycles. The second kappa shape index (κ2) is 3.59. The van der Waals surface area contributed by atoms with Gasteiger partial charge in [-0.25, -0.2) is 0 Å². The third-order valence-corrected chi connectivity index (χ3v) is 1.74. The lowest BCUT2D eigenvalue weighted by Gasteiger charge is -2.13. The van der Waals surface area contributed by atoms with Crippen LogP contribution in [-0.4, -0.2) is 17.4 Å². The predicted molar refractivity (Wildman–Crippen MR) is 40.2 cm³/mol. The third-order valence-electron chi connectivity index (χ3n) is 1.74. The fourth-order valence-electron chi connectivity index (χ4n) is 1.18. The molecule has 1 rings (SSSR count). The number of rotatable bonds is 2. The fourth-order valence-corrected chi connectivity index (χ4v) is 1.18. The second-order valence-corrected chi connectivity index (χ2v) is 2.66. The van der Waals surface area contributed by atoms with Crippen LogP contribution >= 0.6 is 0 Å². The summed E-state index contributed by atoms with van der Waals surface area (Å²) in [5.41, 5.74) is 0. The van der Waals surface area contributed by atoms with Gasteiger partial charge in [-0.3, -0.25) is 4.79 Å². The molecule has 1 heterocycles. The summed E-state index contributed by atoms with van der Waals surface area (Å²) in [5, 5.41) is 0. The highest BCUT2D eigenvalue weighted by Crippen LogP contribution is 2.13. The van der Waals surface area contributed by atoms with Gasteiger partial charge in [0, 0.05) is 13.0 Å². The zero-order valence-corrected chi connectivity index (χ0v) is 6.47. The molecule has 0 saturated carbocycles. The molecular weight excluding hydrogens is 126 g/mol. The van der Waals surface area contributed by atoms with Crippen molar-refractivity contribution in [1.82, 2.24) is 4.90 Å². The van der Waals surface area contributed by atoms with Crippen LogP contribution in [0.1, 0.15) is 32.6 Å². The summed E-state index contributed by atoms with van der Waals surface area (Å²) in [4.78, 5) is 13.0. The molecule has 2 heteroatoms. The van der Waals surface area contributed by atoms with Gasteiger partial charge in [0.05, 0.1) is 6.54 Å². The van der Waals surface area contributed by atoms with Crippen LogP contribution in [-0.2, 0) is 4.79 Å². The quantitative estimate of drug-likeness (QED) is 0.570. The minimum atomic E-state index is 0.292. The van der Waals surface area contributed by atoms with E-state index in [4.69, 9.17) is 0 Å². The topological polar surface area (TPSA) is 20.3 Å².